The summed E-state index contributed by atoms with van der Waals surface area (Å²) in [5, 5.41) is 1.18. The van der Waals surface area contributed by atoms with Gasteiger partial charge in [-0.2, -0.15) is 0 Å². The first-order valence-electron chi connectivity index (χ1n) is 12.1. The van der Waals surface area contributed by atoms with Crippen molar-refractivity contribution in [3.05, 3.63) is 60.0 Å². The number of para-hydroxylation sites is 1. The molecule has 1 atom stereocenters. The molecule has 3 aliphatic heterocycles. The second-order valence-electron chi connectivity index (χ2n) is 9.76. The molecule has 33 heavy (non-hydrogen) atoms. The molecular weight excluding hydrogens is 412 g/mol. The molecule has 6 heteroatoms. The lowest BCUT2D eigenvalue weighted by atomic mass is 9.87. The van der Waals surface area contributed by atoms with E-state index in [4.69, 9.17) is 9.73 Å². The molecule has 0 bridgehead atoms. The summed E-state index contributed by atoms with van der Waals surface area (Å²) in [7, 11) is 0. The van der Waals surface area contributed by atoms with E-state index in [1.807, 2.05) is 29.4 Å². The van der Waals surface area contributed by atoms with Crippen molar-refractivity contribution in [1.82, 2.24) is 14.8 Å². The highest BCUT2D eigenvalue weighted by atomic mass is 16.5. The topological polar surface area (TPSA) is 60.9 Å². The van der Waals surface area contributed by atoms with E-state index in [2.05, 4.69) is 42.4 Å². The number of amides is 1. The number of carbonyl (C=O) groups excluding carboxylic acids is 1. The third-order valence-corrected chi connectivity index (χ3v) is 7.62. The molecule has 1 aromatic heterocycles. The number of hydrogen-bond donors (Lipinski definition) is 1. The third-order valence-electron chi connectivity index (χ3n) is 7.62. The Morgan fingerprint density at radius 1 is 1.24 bits per heavy atom. The van der Waals surface area contributed by atoms with Crippen LogP contribution in [-0.2, 0) is 16.1 Å². The van der Waals surface area contributed by atoms with Crippen LogP contribution in [0.4, 0.5) is 0 Å². The molecule has 2 fully saturated rings. The quantitative estimate of drug-likeness (QED) is 0.731. The van der Waals surface area contributed by atoms with Crippen LogP contribution < -0.4 is 0 Å². The number of aromatic amines is 1. The van der Waals surface area contributed by atoms with Gasteiger partial charge in [-0.05, 0) is 37.0 Å². The van der Waals surface area contributed by atoms with Crippen molar-refractivity contribution < 1.29 is 9.53 Å². The largest absolute Gasteiger partial charge is 0.363 e. The maximum atomic E-state index is 13.6. The molecule has 174 valence electrons. The highest BCUT2D eigenvalue weighted by Gasteiger charge is 2.47. The van der Waals surface area contributed by atoms with Gasteiger partial charge in [0.2, 0.25) is 0 Å². The smallest absolute Gasteiger partial charge is 0.255 e. The van der Waals surface area contributed by atoms with Crippen LogP contribution in [0.5, 0.6) is 0 Å². The fraction of sp³-hybridized carbons (Fsp3) is 0.481. The van der Waals surface area contributed by atoms with Gasteiger partial charge >= 0.3 is 0 Å². The second-order valence-corrected chi connectivity index (χ2v) is 9.76. The first-order chi connectivity index (χ1) is 16.0. The maximum Gasteiger partial charge on any atom is 0.255 e. The predicted molar refractivity (Wildman–Crippen MR) is 132 cm³/mol. The summed E-state index contributed by atoms with van der Waals surface area (Å²) in [5.74, 6) is 1.65. The van der Waals surface area contributed by atoms with E-state index in [0.717, 1.165) is 48.4 Å². The molecule has 4 heterocycles. The van der Waals surface area contributed by atoms with Gasteiger partial charge in [0.25, 0.3) is 5.91 Å². The van der Waals surface area contributed by atoms with E-state index in [0.29, 0.717) is 38.5 Å². The van der Waals surface area contributed by atoms with Gasteiger partial charge in [0.05, 0.1) is 6.61 Å². The molecule has 0 saturated carbocycles. The highest BCUT2D eigenvalue weighted by molar-refractivity contribution is 5.89. The van der Waals surface area contributed by atoms with Crippen molar-refractivity contribution in [2.75, 3.05) is 26.2 Å². The molecule has 3 aliphatic rings. The Labute approximate surface area is 196 Å². The first kappa shape index (κ1) is 22.0. The molecule has 0 aliphatic carbocycles. The van der Waals surface area contributed by atoms with Gasteiger partial charge in [-0.15, -0.1) is 0 Å². The highest BCUT2D eigenvalue weighted by Crippen LogP contribution is 2.34. The number of nitrogens with one attached hydrogen (secondary N) is 1. The van der Waals surface area contributed by atoms with Crippen molar-refractivity contribution in [2.24, 2.45) is 10.9 Å². The van der Waals surface area contributed by atoms with Crippen molar-refractivity contribution in [1.29, 1.82) is 0 Å². The van der Waals surface area contributed by atoms with E-state index in [-0.39, 0.29) is 5.91 Å². The van der Waals surface area contributed by atoms with Gasteiger partial charge in [-0.25, -0.2) is 4.99 Å². The summed E-state index contributed by atoms with van der Waals surface area (Å²) in [6.45, 7) is 11.9. The number of H-pyrrole nitrogens is 1. The lowest BCUT2D eigenvalue weighted by Gasteiger charge is -2.47. The van der Waals surface area contributed by atoms with Crippen LogP contribution in [0.25, 0.3) is 10.9 Å². The number of aromatic nitrogens is 1. The molecule has 5 rings (SSSR count). The molecule has 0 radical (unpaired) electrons. The lowest BCUT2D eigenvalue weighted by molar-refractivity contribution is -0.179. The van der Waals surface area contributed by atoms with E-state index in [9.17, 15) is 4.79 Å². The molecule has 2 saturated heterocycles. The first-order valence-corrected chi connectivity index (χ1v) is 12.1. The van der Waals surface area contributed by atoms with E-state index >= 15 is 0 Å². The van der Waals surface area contributed by atoms with Gasteiger partial charge < -0.3 is 19.5 Å². The Bertz CT molecular complexity index is 1120. The molecule has 6 nitrogen and oxygen atoms in total. The number of likely N-dealkylation sites (tertiary alicyclic amines) is 1. The minimum atomic E-state index is -0.702. The molecule has 1 aromatic carbocycles. The third kappa shape index (κ3) is 4.12. The average Bonchev–Trinajstić information content (AvgIpc) is 3.24. The van der Waals surface area contributed by atoms with Crippen LogP contribution in [0.15, 0.2) is 59.4 Å². The minimum absolute atomic E-state index is 0.137. The number of aliphatic imine (C=N–C) groups is 1. The summed E-state index contributed by atoms with van der Waals surface area (Å²) >= 11 is 0. The normalized spacial score (nSPS) is 24.0. The van der Waals surface area contributed by atoms with Gasteiger partial charge in [0.1, 0.15) is 11.4 Å². The number of benzene rings is 1. The SMILES string of the molecule is C=C1CCC(C)C(N2CCC3(CC2)OCCN(Cc2c[nH]c4ccccc24)C3=O)=NC=C1C. The Hall–Kier alpha value is -2.86. The van der Waals surface area contributed by atoms with E-state index < -0.39 is 5.60 Å². The Balaban J connectivity index is 1.29. The standard InChI is InChI=1S/C27H34N4O2/c1-19-8-9-20(2)25(29-16-21(19)3)30-12-10-27(11-13-30)26(32)31(14-15-33-27)18-22-17-28-24-7-5-4-6-23(22)24/h4-7,16-17,20,28H,1,8-15,18H2,2-3H3. The number of amidine groups is 1. The fourth-order valence-electron chi connectivity index (χ4n) is 5.37. The number of morpholine rings is 1. The van der Waals surface area contributed by atoms with Crippen molar-refractivity contribution in [3.8, 4) is 0 Å². The van der Waals surface area contributed by atoms with Crippen molar-refractivity contribution in [2.45, 2.75) is 51.7 Å². The Morgan fingerprint density at radius 2 is 2.03 bits per heavy atom. The van der Waals surface area contributed by atoms with Gasteiger partial charge in [-0.3, -0.25) is 4.79 Å². The number of piperidine rings is 1. The molecule has 1 amide bonds. The maximum absolute atomic E-state index is 13.6. The monoisotopic (exact) mass is 446 g/mol. The van der Waals surface area contributed by atoms with E-state index in [1.54, 1.807) is 0 Å². The Morgan fingerprint density at radius 3 is 2.85 bits per heavy atom. The molecule has 2 aromatic rings. The summed E-state index contributed by atoms with van der Waals surface area (Å²) in [6.07, 6.45) is 7.46. The summed E-state index contributed by atoms with van der Waals surface area (Å²) in [6, 6.07) is 8.26. The molecule has 1 N–H and O–H groups in total. The number of allylic oxidation sites excluding steroid dienone is 2. The lowest BCUT2D eigenvalue weighted by Crippen LogP contribution is -2.61. The summed E-state index contributed by atoms with van der Waals surface area (Å²) < 4.78 is 6.20. The number of carbonyl (C=O) groups is 1. The Kier molecular flexibility index (Phi) is 5.87. The van der Waals surface area contributed by atoms with Crippen molar-refractivity contribution >= 4 is 22.6 Å². The van der Waals surface area contributed by atoms with E-state index in [1.165, 1.54) is 11.0 Å². The van der Waals surface area contributed by atoms with Gasteiger partial charge in [-0.1, -0.05) is 37.3 Å². The number of rotatable bonds is 2. The average molecular weight is 447 g/mol. The van der Waals surface area contributed by atoms with Crippen LogP contribution in [0.1, 0.15) is 45.1 Å². The molecule has 1 spiro atoms. The number of ether oxygens (including phenoxy) is 1. The van der Waals surface area contributed by atoms with Crippen LogP contribution in [0, 0.1) is 5.92 Å². The molecule has 1 unspecified atom stereocenters. The fourth-order valence-corrected chi connectivity index (χ4v) is 5.37. The minimum Gasteiger partial charge on any atom is -0.363 e. The van der Waals surface area contributed by atoms with Crippen LogP contribution in [-0.4, -0.2) is 58.4 Å². The van der Waals surface area contributed by atoms with Crippen LogP contribution in [0.2, 0.25) is 0 Å². The predicted octanol–water partition coefficient (Wildman–Crippen LogP) is 4.65. The zero-order valence-corrected chi connectivity index (χ0v) is 19.8. The summed E-state index contributed by atoms with van der Waals surface area (Å²) in [4.78, 5) is 26.1. The summed E-state index contributed by atoms with van der Waals surface area (Å²) in [5.41, 5.74) is 3.91. The van der Waals surface area contributed by atoms with Gasteiger partial charge in [0, 0.05) is 68.2 Å². The number of hydrogen-bond acceptors (Lipinski definition) is 4. The number of fused-ring (bicyclic) bond motifs is 1. The van der Waals surface area contributed by atoms with Crippen LogP contribution in [0.3, 0.4) is 0 Å². The van der Waals surface area contributed by atoms with Crippen molar-refractivity contribution in [3.63, 3.8) is 0 Å². The van der Waals surface area contributed by atoms with Gasteiger partial charge in [0.15, 0.2) is 0 Å². The zero-order chi connectivity index (χ0) is 23.0. The number of nitrogens with zero attached hydrogens (tertiary/aromatic N) is 3. The van der Waals surface area contributed by atoms with Crippen LogP contribution >= 0.6 is 0 Å². The second kappa shape index (κ2) is 8.82. The zero-order valence-electron chi connectivity index (χ0n) is 19.8. The molecular formula is C27H34N4O2.